The highest BCUT2D eigenvalue weighted by Gasteiger charge is 2.28. The van der Waals surface area contributed by atoms with Crippen LogP contribution in [0.15, 0.2) is 24.3 Å². The van der Waals surface area contributed by atoms with Crippen LogP contribution in [-0.2, 0) is 9.84 Å². The van der Waals surface area contributed by atoms with Gasteiger partial charge in [0, 0.05) is 11.7 Å². The summed E-state index contributed by atoms with van der Waals surface area (Å²) in [5, 5.41) is 6.56. The first-order valence-corrected chi connectivity index (χ1v) is 8.02. The number of aryl methyl sites for hydroxylation is 1. The Labute approximate surface area is 113 Å². The van der Waals surface area contributed by atoms with Crippen molar-refractivity contribution in [1.82, 2.24) is 5.32 Å². The number of rotatable bonds is 2. The summed E-state index contributed by atoms with van der Waals surface area (Å²) < 4.78 is 22.6. The van der Waals surface area contributed by atoms with Gasteiger partial charge >= 0.3 is 0 Å². The van der Waals surface area contributed by atoms with Crippen molar-refractivity contribution in [2.45, 2.75) is 19.4 Å². The molecule has 4 nitrogen and oxygen atoms in total. The molecule has 1 aromatic carbocycles. The van der Waals surface area contributed by atoms with Gasteiger partial charge in [-0.2, -0.15) is 0 Å². The van der Waals surface area contributed by atoms with Gasteiger partial charge in [-0.3, -0.25) is 0 Å². The molecular weight excluding hydrogens is 268 g/mol. The van der Waals surface area contributed by atoms with Crippen LogP contribution in [-0.4, -0.2) is 31.1 Å². The number of anilines is 1. The van der Waals surface area contributed by atoms with Gasteiger partial charge in [-0.25, -0.2) is 8.42 Å². The molecule has 1 aromatic rings. The molecule has 0 aromatic heterocycles. The van der Waals surface area contributed by atoms with Gasteiger partial charge in [-0.1, -0.05) is 17.7 Å². The van der Waals surface area contributed by atoms with E-state index in [1.807, 2.05) is 31.2 Å². The maximum absolute atomic E-state index is 11.3. The molecule has 98 valence electrons. The third kappa shape index (κ3) is 3.68. The number of thiocarbonyl (C=S) groups is 1. The lowest BCUT2D eigenvalue weighted by molar-refractivity contribution is 0.600. The highest BCUT2D eigenvalue weighted by atomic mass is 32.2. The van der Waals surface area contributed by atoms with Gasteiger partial charge in [0.2, 0.25) is 0 Å². The average molecular weight is 284 g/mol. The molecule has 1 aliphatic rings. The van der Waals surface area contributed by atoms with Crippen LogP contribution in [0.1, 0.15) is 12.0 Å². The highest BCUT2D eigenvalue weighted by Crippen LogP contribution is 2.12. The van der Waals surface area contributed by atoms with E-state index in [1.54, 1.807) is 0 Å². The van der Waals surface area contributed by atoms with Gasteiger partial charge in [0.05, 0.1) is 11.5 Å². The van der Waals surface area contributed by atoms with Crippen molar-refractivity contribution in [2.24, 2.45) is 0 Å². The highest BCUT2D eigenvalue weighted by molar-refractivity contribution is 7.91. The number of hydrogen-bond donors (Lipinski definition) is 2. The minimum absolute atomic E-state index is 0.0690. The molecule has 18 heavy (non-hydrogen) atoms. The van der Waals surface area contributed by atoms with Gasteiger partial charge in [0.15, 0.2) is 14.9 Å². The zero-order chi connectivity index (χ0) is 13.2. The van der Waals surface area contributed by atoms with E-state index in [0.717, 1.165) is 5.69 Å². The molecule has 0 aliphatic carbocycles. The minimum atomic E-state index is -2.87. The Kier molecular flexibility index (Phi) is 3.87. The predicted molar refractivity (Wildman–Crippen MR) is 77.6 cm³/mol. The first-order valence-electron chi connectivity index (χ1n) is 5.79. The van der Waals surface area contributed by atoms with Crippen LogP contribution < -0.4 is 10.6 Å². The van der Waals surface area contributed by atoms with Crippen molar-refractivity contribution in [3.8, 4) is 0 Å². The van der Waals surface area contributed by atoms with Crippen molar-refractivity contribution < 1.29 is 8.42 Å². The summed E-state index contributed by atoms with van der Waals surface area (Å²) in [6.45, 7) is 2.02. The van der Waals surface area contributed by atoms with E-state index in [1.165, 1.54) is 5.56 Å². The molecule has 0 spiro atoms. The molecule has 6 heteroatoms. The molecule has 0 amide bonds. The zero-order valence-electron chi connectivity index (χ0n) is 10.1. The molecule has 0 saturated carbocycles. The Morgan fingerprint density at radius 3 is 2.56 bits per heavy atom. The van der Waals surface area contributed by atoms with Crippen LogP contribution in [0, 0.1) is 6.92 Å². The summed E-state index contributed by atoms with van der Waals surface area (Å²) in [4.78, 5) is 0. The predicted octanol–water partition coefficient (Wildman–Crippen LogP) is 1.47. The van der Waals surface area contributed by atoms with E-state index in [2.05, 4.69) is 10.6 Å². The van der Waals surface area contributed by atoms with Crippen LogP contribution in [0.2, 0.25) is 0 Å². The van der Waals surface area contributed by atoms with E-state index < -0.39 is 9.84 Å². The zero-order valence-corrected chi connectivity index (χ0v) is 11.8. The SMILES string of the molecule is Cc1ccc(NC(=S)N[C@@H]2CCS(=O)(=O)C2)cc1. The van der Waals surface area contributed by atoms with E-state index in [0.29, 0.717) is 11.5 Å². The van der Waals surface area contributed by atoms with Crippen LogP contribution in [0.5, 0.6) is 0 Å². The number of sulfone groups is 1. The van der Waals surface area contributed by atoms with Crippen molar-refractivity contribution >= 4 is 32.9 Å². The number of hydrogen-bond acceptors (Lipinski definition) is 3. The van der Waals surface area contributed by atoms with Gasteiger partial charge in [-0.15, -0.1) is 0 Å². The van der Waals surface area contributed by atoms with Gasteiger partial charge in [-0.05, 0) is 37.7 Å². The van der Waals surface area contributed by atoms with E-state index in [4.69, 9.17) is 12.2 Å². The summed E-state index contributed by atoms with van der Waals surface area (Å²) in [7, 11) is -2.87. The van der Waals surface area contributed by atoms with Crippen LogP contribution in [0.25, 0.3) is 0 Å². The Morgan fingerprint density at radius 1 is 1.33 bits per heavy atom. The van der Waals surface area contributed by atoms with Crippen molar-refractivity contribution in [2.75, 3.05) is 16.8 Å². The van der Waals surface area contributed by atoms with Crippen molar-refractivity contribution in [1.29, 1.82) is 0 Å². The molecule has 1 fully saturated rings. The van der Waals surface area contributed by atoms with E-state index in [9.17, 15) is 8.42 Å². The molecular formula is C12H16N2O2S2. The fourth-order valence-electron chi connectivity index (χ4n) is 1.90. The van der Waals surface area contributed by atoms with Crippen molar-refractivity contribution in [3.05, 3.63) is 29.8 Å². The first kappa shape index (κ1) is 13.3. The van der Waals surface area contributed by atoms with Crippen LogP contribution in [0.3, 0.4) is 0 Å². The Morgan fingerprint density at radius 2 is 2.00 bits per heavy atom. The average Bonchev–Trinajstić information content (AvgIpc) is 2.61. The van der Waals surface area contributed by atoms with Gasteiger partial charge in [0.25, 0.3) is 0 Å². The summed E-state index contributed by atoms with van der Waals surface area (Å²) in [6, 6.07) is 7.79. The molecule has 0 bridgehead atoms. The second-order valence-corrected chi connectivity index (χ2v) is 7.20. The topological polar surface area (TPSA) is 58.2 Å². The Bertz CT molecular complexity index is 538. The maximum Gasteiger partial charge on any atom is 0.171 e. The summed E-state index contributed by atoms with van der Waals surface area (Å²) in [5.74, 6) is 0.417. The van der Waals surface area contributed by atoms with E-state index in [-0.39, 0.29) is 17.5 Å². The number of nitrogens with one attached hydrogen (secondary N) is 2. The smallest absolute Gasteiger partial charge is 0.171 e. The second kappa shape index (κ2) is 5.24. The summed E-state index contributed by atoms with van der Waals surface area (Å²) in [5.41, 5.74) is 2.08. The largest absolute Gasteiger partial charge is 0.359 e. The minimum Gasteiger partial charge on any atom is -0.359 e. The van der Waals surface area contributed by atoms with Gasteiger partial charge in [0.1, 0.15) is 0 Å². The number of benzene rings is 1. The molecule has 0 unspecified atom stereocenters. The standard InChI is InChI=1S/C12H16N2O2S2/c1-9-2-4-10(5-3-9)13-12(17)14-11-6-7-18(15,16)8-11/h2-5,11H,6-8H2,1H3,(H2,13,14,17)/t11-/m1/s1. The molecule has 1 heterocycles. The second-order valence-electron chi connectivity index (χ2n) is 4.56. The summed E-state index contributed by atoms with van der Waals surface area (Å²) >= 11 is 5.16. The first-order chi connectivity index (χ1) is 8.44. The van der Waals surface area contributed by atoms with E-state index >= 15 is 0 Å². The Balaban J connectivity index is 1.88. The maximum atomic E-state index is 11.3. The fraction of sp³-hybridized carbons (Fsp3) is 0.417. The lowest BCUT2D eigenvalue weighted by atomic mass is 10.2. The third-order valence-electron chi connectivity index (χ3n) is 2.88. The molecule has 1 saturated heterocycles. The van der Waals surface area contributed by atoms with Crippen LogP contribution in [0.4, 0.5) is 5.69 Å². The summed E-state index contributed by atoms with van der Waals surface area (Å²) in [6.07, 6.45) is 0.623. The molecule has 2 N–H and O–H groups in total. The molecule has 1 aliphatic heterocycles. The molecule has 0 radical (unpaired) electrons. The quantitative estimate of drug-likeness (QED) is 0.805. The Hall–Kier alpha value is -1.14. The monoisotopic (exact) mass is 284 g/mol. The van der Waals surface area contributed by atoms with Crippen LogP contribution >= 0.6 is 12.2 Å². The lowest BCUT2D eigenvalue weighted by Crippen LogP contribution is -2.38. The van der Waals surface area contributed by atoms with Gasteiger partial charge < -0.3 is 10.6 Å². The molecule has 1 atom stereocenters. The van der Waals surface area contributed by atoms with Crippen molar-refractivity contribution in [3.63, 3.8) is 0 Å². The normalized spacial score (nSPS) is 21.5. The molecule has 2 rings (SSSR count). The lowest BCUT2D eigenvalue weighted by Gasteiger charge is -2.14. The third-order valence-corrected chi connectivity index (χ3v) is 4.86. The fourth-order valence-corrected chi connectivity index (χ4v) is 3.86.